The van der Waals surface area contributed by atoms with E-state index in [1.807, 2.05) is 43.3 Å². The molecule has 0 aliphatic rings. The molecule has 1 aromatic heterocycles. The fraction of sp³-hybridized carbons (Fsp3) is 0.111. The quantitative estimate of drug-likeness (QED) is 0.410. The molecule has 0 radical (unpaired) electrons. The lowest BCUT2D eigenvalue weighted by molar-refractivity contribution is 0.603. The summed E-state index contributed by atoms with van der Waals surface area (Å²) in [5, 5.41) is 11.3. The fourth-order valence-corrected chi connectivity index (χ4v) is 3.22. The highest BCUT2D eigenvalue weighted by Crippen LogP contribution is 2.29. The molecule has 0 spiro atoms. The van der Waals surface area contributed by atoms with Gasteiger partial charge in [-0.15, -0.1) is 0 Å². The number of rotatable bonds is 7. The minimum absolute atomic E-state index is 0.300. The first-order valence-corrected chi connectivity index (χ1v) is 10.8. The van der Waals surface area contributed by atoms with Gasteiger partial charge in [-0.3, -0.25) is 4.72 Å². The second-order valence-electron chi connectivity index (χ2n) is 6.27. The van der Waals surface area contributed by atoms with Gasteiger partial charge in [-0.25, -0.2) is 10.1 Å². The Morgan fingerprint density at radius 2 is 1.66 bits per heavy atom. The molecule has 152 valence electrons. The Labute approximate surface area is 177 Å². The summed E-state index contributed by atoms with van der Waals surface area (Å²) < 4.78 is 25.6. The molecule has 0 atom stereocenters. The number of hydrogen-bond donors (Lipinski definition) is 4. The second-order valence-corrected chi connectivity index (χ2v) is 8.42. The molecule has 9 nitrogen and oxygen atoms in total. The lowest BCUT2D eigenvalue weighted by Gasteiger charge is -2.15. The first-order chi connectivity index (χ1) is 13.7. The van der Waals surface area contributed by atoms with Crippen LogP contribution < -0.4 is 25.4 Å². The van der Waals surface area contributed by atoms with Crippen LogP contribution >= 0.6 is 15.9 Å². The summed E-state index contributed by atoms with van der Waals surface area (Å²) in [5.41, 5.74) is 2.70. The third-order valence-electron chi connectivity index (χ3n) is 3.82. The molecule has 0 aliphatic carbocycles. The van der Waals surface area contributed by atoms with Crippen LogP contribution in [-0.4, -0.2) is 32.5 Å². The summed E-state index contributed by atoms with van der Waals surface area (Å²) in [5.74, 6) is 0.835. The highest BCUT2D eigenvalue weighted by molar-refractivity contribution is 9.10. The summed E-state index contributed by atoms with van der Waals surface area (Å²) >= 11 is 3.40. The minimum atomic E-state index is -3.91. The topological polar surface area (TPSA) is 125 Å². The Hall–Kier alpha value is -2.89. The molecule has 0 aliphatic heterocycles. The number of para-hydroxylation sites is 2. The highest BCUT2D eigenvalue weighted by atomic mass is 79.9. The van der Waals surface area contributed by atoms with Crippen molar-refractivity contribution >= 4 is 60.7 Å². The molecule has 1 heterocycles. The first kappa shape index (κ1) is 20.8. The van der Waals surface area contributed by atoms with Gasteiger partial charge in [0.2, 0.25) is 5.95 Å². The van der Waals surface area contributed by atoms with E-state index < -0.39 is 10.2 Å². The highest BCUT2D eigenvalue weighted by Gasteiger charge is 2.11. The van der Waals surface area contributed by atoms with Crippen molar-refractivity contribution in [2.24, 2.45) is 5.14 Å². The number of hydrogen-bond acceptors (Lipinski definition) is 7. The molecule has 3 rings (SSSR count). The fourth-order valence-electron chi connectivity index (χ4n) is 2.45. The van der Waals surface area contributed by atoms with Crippen LogP contribution in [0.25, 0.3) is 0 Å². The molecule has 0 unspecified atom stereocenters. The van der Waals surface area contributed by atoms with Crippen LogP contribution in [0.5, 0.6) is 0 Å². The van der Waals surface area contributed by atoms with Crippen molar-refractivity contribution in [3.05, 3.63) is 59.2 Å². The van der Waals surface area contributed by atoms with Crippen molar-refractivity contribution in [3.8, 4) is 0 Å². The molecule has 0 saturated carbocycles. The van der Waals surface area contributed by atoms with Gasteiger partial charge in [0.25, 0.3) is 10.2 Å². The van der Waals surface area contributed by atoms with Gasteiger partial charge in [0.05, 0.1) is 15.8 Å². The van der Waals surface area contributed by atoms with E-state index in [9.17, 15) is 8.42 Å². The van der Waals surface area contributed by atoms with Gasteiger partial charge in [-0.1, -0.05) is 12.1 Å². The smallest absolute Gasteiger partial charge is 0.296 e. The zero-order valence-electron chi connectivity index (χ0n) is 15.7. The van der Waals surface area contributed by atoms with Crippen molar-refractivity contribution in [1.82, 2.24) is 9.97 Å². The van der Waals surface area contributed by atoms with Crippen molar-refractivity contribution in [2.45, 2.75) is 0 Å². The maximum absolute atomic E-state index is 11.4. The van der Waals surface area contributed by atoms with Gasteiger partial charge in [0.15, 0.2) is 0 Å². The Bertz CT molecular complexity index is 1110. The average molecular weight is 478 g/mol. The first-order valence-electron chi connectivity index (χ1n) is 8.45. The second kappa shape index (κ2) is 8.64. The van der Waals surface area contributed by atoms with E-state index in [1.54, 1.807) is 30.5 Å². The number of nitrogens with one attached hydrogen (secondary N) is 3. The molecule has 2 aromatic carbocycles. The van der Waals surface area contributed by atoms with Crippen LogP contribution in [0.2, 0.25) is 0 Å². The van der Waals surface area contributed by atoms with Crippen LogP contribution in [0.3, 0.4) is 0 Å². The molecule has 5 N–H and O–H groups in total. The van der Waals surface area contributed by atoms with E-state index in [2.05, 4.69) is 41.3 Å². The molecule has 0 bridgehead atoms. The third kappa shape index (κ3) is 5.79. The summed E-state index contributed by atoms with van der Waals surface area (Å²) in [7, 11) is 0.0351. The largest absolute Gasteiger partial charge is 0.378 e. The number of anilines is 6. The van der Waals surface area contributed by atoms with Gasteiger partial charge < -0.3 is 15.5 Å². The van der Waals surface area contributed by atoms with Gasteiger partial charge in [-0.2, -0.15) is 13.4 Å². The van der Waals surface area contributed by atoms with Crippen molar-refractivity contribution < 1.29 is 8.42 Å². The Kier molecular flexibility index (Phi) is 6.20. The average Bonchev–Trinajstić information content (AvgIpc) is 2.65. The molecular weight excluding hydrogens is 458 g/mol. The molecule has 29 heavy (non-hydrogen) atoms. The monoisotopic (exact) mass is 477 g/mol. The maximum Gasteiger partial charge on any atom is 0.296 e. The molecule has 3 aromatic rings. The van der Waals surface area contributed by atoms with Crippen molar-refractivity contribution in [2.75, 3.05) is 34.4 Å². The lowest BCUT2D eigenvalue weighted by Crippen LogP contribution is -2.22. The van der Waals surface area contributed by atoms with E-state index in [4.69, 9.17) is 5.14 Å². The van der Waals surface area contributed by atoms with Gasteiger partial charge in [0, 0.05) is 31.7 Å². The number of halogens is 1. The third-order valence-corrected chi connectivity index (χ3v) is 4.90. The van der Waals surface area contributed by atoms with Gasteiger partial charge in [-0.05, 0) is 52.3 Å². The van der Waals surface area contributed by atoms with Crippen LogP contribution in [0, 0.1) is 0 Å². The summed E-state index contributed by atoms with van der Waals surface area (Å²) in [4.78, 5) is 10.7. The molecule has 0 fully saturated rings. The van der Waals surface area contributed by atoms with Crippen LogP contribution in [-0.2, 0) is 10.2 Å². The zero-order valence-corrected chi connectivity index (χ0v) is 18.1. The lowest BCUT2D eigenvalue weighted by atomic mass is 10.2. The minimum Gasteiger partial charge on any atom is -0.378 e. The molecule has 0 amide bonds. The summed E-state index contributed by atoms with van der Waals surface area (Å²) in [6.45, 7) is 0. The van der Waals surface area contributed by atoms with E-state index in [0.29, 0.717) is 27.6 Å². The Morgan fingerprint density at radius 1 is 1.00 bits per heavy atom. The molecular formula is C18H20BrN7O2S. The van der Waals surface area contributed by atoms with Crippen LogP contribution in [0.4, 0.5) is 34.5 Å². The SMILES string of the molecule is CN(C)c1ccc(Nc2ncc(Br)c(Nc3ccccc3NS(N)(=O)=O)n2)cc1. The maximum atomic E-state index is 11.4. The normalized spacial score (nSPS) is 11.0. The Morgan fingerprint density at radius 3 is 2.28 bits per heavy atom. The number of aromatic nitrogens is 2. The summed E-state index contributed by atoms with van der Waals surface area (Å²) in [6.07, 6.45) is 1.60. The van der Waals surface area contributed by atoms with E-state index in [1.165, 1.54) is 0 Å². The van der Waals surface area contributed by atoms with E-state index in [0.717, 1.165) is 11.4 Å². The number of nitrogens with two attached hydrogens (primary N) is 1. The number of nitrogens with zero attached hydrogens (tertiary/aromatic N) is 3. The standard InChI is InChI=1S/C18H20BrN7O2S/c1-26(2)13-9-7-12(8-10-13)22-18-21-11-14(19)17(24-18)23-15-5-3-4-6-16(15)25-29(20,27)28/h3-11,25H,1-2H3,(H2,20,27,28)(H2,21,22,23,24). The molecule has 0 saturated heterocycles. The van der Waals surface area contributed by atoms with E-state index in [-0.39, 0.29) is 0 Å². The predicted molar refractivity (Wildman–Crippen MR) is 120 cm³/mol. The van der Waals surface area contributed by atoms with Gasteiger partial charge in [0.1, 0.15) is 5.82 Å². The predicted octanol–water partition coefficient (Wildman–Crippen LogP) is 3.41. The summed E-state index contributed by atoms with van der Waals surface area (Å²) in [6, 6.07) is 14.6. The van der Waals surface area contributed by atoms with Gasteiger partial charge >= 0.3 is 0 Å². The Balaban J connectivity index is 1.83. The van der Waals surface area contributed by atoms with Crippen molar-refractivity contribution in [1.29, 1.82) is 0 Å². The van der Waals surface area contributed by atoms with Crippen LogP contribution in [0.1, 0.15) is 0 Å². The van der Waals surface area contributed by atoms with E-state index >= 15 is 0 Å². The van der Waals surface area contributed by atoms with Crippen molar-refractivity contribution in [3.63, 3.8) is 0 Å². The number of benzene rings is 2. The van der Waals surface area contributed by atoms with Crippen LogP contribution in [0.15, 0.2) is 59.2 Å². The molecule has 11 heteroatoms. The zero-order chi connectivity index (χ0) is 21.0.